The highest BCUT2D eigenvalue weighted by Gasteiger charge is 2.10. The van der Waals surface area contributed by atoms with Gasteiger partial charge in [0.1, 0.15) is 6.54 Å². The molecule has 1 aromatic rings. The van der Waals surface area contributed by atoms with Crippen LogP contribution >= 0.6 is 0 Å². The van der Waals surface area contributed by atoms with Crippen molar-refractivity contribution in [3.05, 3.63) is 24.3 Å². The molecular formula is C14H20N2O2. The third-order valence-electron chi connectivity index (χ3n) is 3.25. The van der Waals surface area contributed by atoms with Crippen LogP contribution in [0.3, 0.4) is 0 Å². The first-order valence-corrected chi connectivity index (χ1v) is 6.45. The third-order valence-corrected chi connectivity index (χ3v) is 3.25. The van der Waals surface area contributed by atoms with Crippen LogP contribution in [0.15, 0.2) is 24.3 Å². The number of rotatable bonds is 4. The minimum Gasteiger partial charge on any atom is -0.468 e. The number of ether oxygens (including phenoxy) is 1. The first-order valence-electron chi connectivity index (χ1n) is 6.45. The molecule has 1 aliphatic heterocycles. The topological polar surface area (TPSA) is 41.6 Å². The van der Waals surface area contributed by atoms with Crippen LogP contribution in [-0.4, -0.2) is 32.7 Å². The van der Waals surface area contributed by atoms with Crippen molar-refractivity contribution in [2.24, 2.45) is 0 Å². The Morgan fingerprint density at radius 2 is 1.89 bits per heavy atom. The van der Waals surface area contributed by atoms with Crippen molar-refractivity contribution >= 4 is 17.3 Å². The Morgan fingerprint density at radius 3 is 2.50 bits per heavy atom. The lowest BCUT2D eigenvalue weighted by atomic mass is 10.1. The predicted molar refractivity (Wildman–Crippen MR) is 73.0 cm³/mol. The standard InChI is InChI=1S/C14H20N2O2/c1-18-14(17)11-15-12-5-7-13(8-6-12)16-9-3-2-4-10-16/h5-8,15H,2-4,9-11H2,1H3. The summed E-state index contributed by atoms with van der Waals surface area (Å²) in [5, 5.41) is 3.03. The molecule has 1 fully saturated rings. The van der Waals surface area contributed by atoms with Crippen molar-refractivity contribution in [1.82, 2.24) is 0 Å². The van der Waals surface area contributed by atoms with Gasteiger partial charge in [-0.1, -0.05) is 0 Å². The quantitative estimate of drug-likeness (QED) is 0.830. The number of nitrogens with zero attached hydrogens (tertiary/aromatic N) is 1. The van der Waals surface area contributed by atoms with E-state index in [9.17, 15) is 4.79 Å². The van der Waals surface area contributed by atoms with Gasteiger partial charge in [-0.15, -0.1) is 0 Å². The molecule has 1 N–H and O–H groups in total. The van der Waals surface area contributed by atoms with Crippen LogP contribution in [0.5, 0.6) is 0 Å². The molecule has 4 heteroatoms. The molecule has 1 aromatic carbocycles. The Hall–Kier alpha value is -1.71. The van der Waals surface area contributed by atoms with E-state index in [1.165, 1.54) is 32.1 Å². The third kappa shape index (κ3) is 3.39. The van der Waals surface area contributed by atoms with E-state index >= 15 is 0 Å². The lowest BCUT2D eigenvalue weighted by Crippen LogP contribution is -2.29. The molecule has 0 atom stereocenters. The van der Waals surface area contributed by atoms with Gasteiger partial charge in [-0.2, -0.15) is 0 Å². The lowest BCUT2D eigenvalue weighted by Gasteiger charge is -2.28. The molecule has 0 aliphatic carbocycles. The van der Waals surface area contributed by atoms with Crippen LogP contribution in [0.2, 0.25) is 0 Å². The molecule has 98 valence electrons. The maximum Gasteiger partial charge on any atom is 0.325 e. The fourth-order valence-corrected chi connectivity index (χ4v) is 2.19. The van der Waals surface area contributed by atoms with Gasteiger partial charge in [-0.25, -0.2) is 0 Å². The van der Waals surface area contributed by atoms with Crippen LogP contribution in [0, 0.1) is 0 Å². The van der Waals surface area contributed by atoms with Crippen LogP contribution < -0.4 is 10.2 Å². The number of methoxy groups -OCH3 is 1. The number of carbonyl (C=O) groups excluding carboxylic acids is 1. The number of nitrogens with one attached hydrogen (secondary N) is 1. The number of hydrogen-bond acceptors (Lipinski definition) is 4. The minimum atomic E-state index is -0.255. The molecule has 2 rings (SSSR count). The molecule has 1 aliphatic rings. The molecule has 0 unspecified atom stereocenters. The average Bonchev–Trinajstić information content (AvgIpc) is 2.46. The van der Waals surface area contributed by atoms with Gasteiger partial charge >= 0.3 is 5.97 Å². The summed E-state index contributed by atoms with van der Waals surface area (Å²) < 4.78 is 4.58. The molecule has 0 amide bonds. The van der Waals surface area contributed by atoms with E-state index in [4.69, 9.17) is 0 Å². The Morgan fingerprint density at radius 1 is 1.22 bits per heavy atom. The number of piperidine rings is 1. The molecule has 1 heterocycles. The SMILES string of the molecule is COC(=O)CNc1ccc(N2CCCCC2)cc1. The zero-order valence-corrected chi connectivity index (χ0v) is 10.8. The van der Waals surface area contributed by atoms with Gasteiger partial charge in [-0.3, -0.25) is 4.79 Å². The van der Waals surface area contributed by atoms with Gasteiger partial charge in [-0.05, 0) is 43.5 Å². The van der Waals surface area contributed by atoms with Gasteiger partial charge in [0.2, 0.25) is 0 Å². The normalized spacial score (nSPS) is 15.3. The first kappa shape index (κ1) is 12.7. The van der Waals surface area contributed by atoms with E-state index in [1.54, 1.807) is 0 Å². The lowest BCUT2D eigenvalue weighted by molar-refractivity contribution is -0.138. The highest BCUT2D eigenvalue weighted by atomic mass is 16.5. The van der Waals surface area contributed by atoms with Crippen LogP contribution in [-0.2, 0) is 9.53 Å². The number of esters is 1. The molecule has 0 bridgehead atoms. The van der Waals surface area contributed by atoms with Gasteiger partial charge < -0.3 is 15.0 Å². The second-order valence-corrected chi connectivity index (χ2v) is 4.52. The van der Waals surface area contributed by atoms with Crippen molar-refractivity contribution in [2.75, 3.05) is 37.0 Å². The second kappa shape index (κ2) is 6.28. The predicted octanol–water partition coefficient (Wildman–Crippen LogP) is 2.26. The fourth-order valence-electron chi connectivity index (χ4n) is 2.19. The summed E-state index contributed by atoms with van der Waals surface area (Å²) >= 11 is 0. The van der Waals surface area contributed by atoms with Gasteiger partial charge in [0, 0.05) is 24.5 Å². The number of hydrogen-bond donors (Lipinski definition) is 1. The Kier molecular flexibility index (Phi) is 4.45. The van der Waals surface area contributed by atoms with Crippen LogP contribution in [0.25, 0.3) is 0 Å². The second-order valence-electron chi connectivity index (χ2n) is 4.52. The van der Waals surface area contributed by atoms with Crippen LogP contribution in [0.4, 0.5) is 11.4 Å². The molecule has 0 aromatic heterocycles. The first-order chi connectivity index (χ1) is 8.79. The zero-order chi connectivity index (χ0) is 12.8. The van der Waals surface area contributed by atoms with Crippen molar-refractivity contribution in [2.45, 2.75) is 19.3 Å². The maximum atomic E-state index is 11.0. The Balaban J connectivity index is 1.90. The highest BCUT2D eigenvalue weighted by molar-refractivity contribution is 5.75. The minimum absolute atomic E-state index is 0.208. The molecular weight excluding hydrogens is 228 g/mol. The van der Waals surface area contributed by atoms with Crippen molar-refractivity contribution in [1.29, 1.82) is 0 Å². The van der Waals surface area contributed by atoms with Crippen molar-refractivity contribution in [3.8, 4) is 0 Å². The fraction of sp³-hybridized carbons (Fsp3) is 0.500. The summed E-state index contributed by atoms with van der Waals surface area (Å²) in [5.74, 6) is -0.255. The van der Waals surface area contributed by atoms with E-state index in [-0.39, 0.29) is 12.5 Å². The van der Waals surface area contributed by atoms with Crippen molar-refractivity contribution < 1.29 is 9.53 Å². The summed E-state index contributed by atoms with van der Waals surface area (Å²) in [4.78, 5) is 13.4. The van der Waals surface area contributed by atoms with Gasteiger partial charge in [0.05, 0.1) is 7.11 Å². The van der Waals surface area contributed by atoms with E-state index in [2.05, 4.69) is 27.1 Å². The highest BCUT2D eigenvalue weighted by Crippen LogP contribution is 2.21. The zero-order valence-electron chi connectivity index (χ0n) is 10.8. The average molecular weight is 248 g/mol. The smallest absolute Gasteiger partial charge is 0.325 e. The molecule has 18 heavy (non-hydrogen) atoms. The summed E-state index contributed by atoms with van der Waals surface area (Å²) in [7, 11) is 1.39. The van der Waals surface area contributed by atoms with E-state index in [1.807, 2.05) is 12.1 Å². The summed E-state index contributed by atoms with van der Waals surface area (Å²) in [5.41, 5.74) is 2.21. The molecule has 1 saturated heterocycles. The van der Waals surface area contributed by atoms with Crippen molar-refractivity contribution in [3.63, 3.8) is 0 Å². The summed E-state index contributed by atoms with van der Waals surface area (Å²) in [6, 6.07) is 8.22. The van der Waals surface area contributed by atoms with E-state index in [0.29, 0.717) is 0 Å². The van der Waals surface area contributed by atoms with Crippen LogP contribution in [0.1, 0.15) is 19.3 Å². The number of carbonyl (C=O) groups is 1. The number of anilines is 2. The molecule has 4 nitrogen and oxygen atoms in total. The molecule has 0 saturated carbocycles. The van der Waals surface area contributed by atoms with Gasteiger partial charge in [0.25, 0.3) is 0 Å². The molecule has 0 spiro atoms. The molecule has 0 radical (unpaired) electrons. The Bertz CT molecular complexity index is 383. The van der Waals surface area contributed by atoms with Gasteiger partial charge in [0.15, 0.2) is 0 Å². The monoisotopic (exact) mass is 248 g/mol. The maximum absolute atomic E-state index is 11.0. The van der Waals surface area contributed by atoms with E-state index < -0.39 is 0 Å². The summed E-state index contributed by atoms with van der Waals surface area (Å²) in [6.45, 7) is 2.50. The number of benzene rings is 1. The largest absolute Gasteiger partial charge is 0.468 e. The Labute approximate surface area is 108 Å². The summed E-state index contributed by atoms with van der Waals surface area (Å²) in [6.07, 6.45) is 3.90. The van der Waals surface area contributed by atoms with E-state index in [0.717, 1.165) is 18.8 Å².